The van der Waals surface area contributed by atoms with Crippen molar-refractivity contribution in [1.82, 2.24) is 10.6 Å². The number of carbonyl (C=O) groups excluding carboxylic acids is 1. The highest BCUT2D eigenvalue weighted by Gasteiger charge is 2.21. The van der Waals surface area contributed by atoms with Gasteiger partial charge in [-0.25, -0.2) is 4.39 Å². The maximum Gasteiger partial charge on any atom is 0.237 e. The smallest absolute Gasteiger partial charge is 0.237 e. The van der Waals surface area contributed by atoms with Crippen LogP contribution in [-0.2, 0) is 11.3 Å². The molecular weight excluding hydrogens is 287 g/mol. The van der Waals surface area contributed by atoms with E-state index in [2.05, 4.69) is 10.6 Å². The van der Waals surface area contributed by atoms with Crippen molar-refractivity contribution in [3.8, 4) is 10.4 Å². The van der Waals surface area contributed by atoms with Gasteiger partial charge in [0.25, 0.3) is 0 Å². The average molecular weight is 304 g/mol. The highest BCUT2D eigenvalue weighted by atomic mass is 32.1. The van der Waals surface area contributed by atoms with Crippen LogP contribution < -0.4 is 10.6 Å². The molecule has 110 valence electrons. The van der Waals surface area contributed by atoms with Gasteiger partial charge < -0.3 is 10.6 Å². The highest BCUT2D eigenvalue weighted by Crippen LogP contribution is 2.28. The van der Waals surface area contributed by atoms with Crippen molar-refractivity contribution in [3.63, 3.8) is 0 Å². The number of benzene rings is 1. The first-order chi connectivity index (χ1) is 10.2. The Bertz CT molecular complexity index is 627. The zero-order valence-electron chi connectivity index (χ0n) is 11.6. The van der Waals surface area contributed by atoms with Gasteiger partial charge in [0.15, 0.2) is 0 Å². The van der Waals surface area contributed by atoms with Crippen molar-refractivity contribution in [3.05, 3.63) is 47.1 Å². The van der Waals surface area contributed by atoms with E-state index in [1.165, 1.54) is 17.4 Å². The molecule has 1 amide bonds. The molecule has 2 aromatic rings. The number of amides is 1. The Morgan fingerprint density at radius 3 is 3.05 bits per heavy atom. The van der Waals surface area contributed by atoms with E-state index in [0.717, 1.165) is 29.8 Å². The molecule has 0 bridgehead atoms. The molecule has 1 aliphatic heterocycles. The van der Waals surface area contributed by atoms with Crippen LogP contribution in [0.4, 0.5) is 4.39 Å². The standard InChI is InChI=1S/C16H17FN2OS/c17-13-6-5-11(9-12(13)15-4-2-8-21-15)10-19-14-3-1-7-18-16(14)20/h2,4-6,8-9,14,19H,1,3,7,10H2,(H,18,20)/t14-/m1/s1. The van der Waals surface area contributed by atoms with Crippen LogP contribution in [0.2, 0.25) is 0 Å². The van der Waals surface area contributed by atoms with Crippen molar-refractivity contribution in [2.75, 3.05) is 6.54 Å². The summed E-state index contributed by atoms with van der Waals surface area (Å²) in [4.78, 5) is 12.6. The molecule has 1 saturated heterocycles. The summed E-state index contributed by atoms with van der Waals surface area (Å²) in [5, 5.41) is 8.04. The topological polar surface area (TPSA) is 41.1 Å². The van der Waals surface area contributed by atoms with Crippen LogP contribution in [0.15, 0.2) is 35.7 Å². The van der Waals surface area contributed by atoms with Gasteiger partial charge in [0.05, 0.1) is 6.04 Å². The van der Waals surface area contributed by atoms with E-state index in [1.54, 1.807) is 6.07 Å². The number of carbonyl (C=O) groups is 1. The van der Waals surface area contributed by atoms with Crippen LogP contribution in [0.5, 0.6) is 0 Å². The summed E-state index contributed by atoms with van der Waals surface area (Å²) < 4.78 is 13.9. The second kappa shape index (κ2) is 6.37. The third-order valence-corrected chi connectivity index (χ3v) is 4.56. The second-order valence-electron chi connectivity index (χ2n) is 5.16. The molecule has 0 radical (unpaired) electrons. The van der Waals surface area contributed by atoms with E-state index in [9.17, 15) is 9.18 Å². The van der Waals surface area contributed by atoms with Crippen LogP contribution in [0.25, 0.3) is 10.4 Å². The zero-order chi connectivity index (χ0) is 14.7. The summed E-state index contributed by atoms with van der Waals surface area (Å²) in [5.41, 5.74) is 1.61. The van der Waals surface area contributed by atoms with Crippen molar-refractivity contribution < 1.29 is 9.18 Å². The predicted octanol–water partition coefficient (Wildman–Crippen LogP) is 2.92. The minimum atomic E-state index is -0.211. The largest absolute Gasteiger partial charge is 0.355 e. The van der Waals surface area contributed by atoms with E-state index in [4.69, 9.17) is 0 Å². The fraction of sp³-hybridized carbons (Fsp3) is 0.312. The van der Waals surface area contributed by atoms with Crippen LogP contribution in [0.3, 0.4) is 0 Å². The van der Waals surface area contributed by atoms with Crippen LogP contribution >= 0.6 is 11.3 Å². The van der Waals surface area contributed by atoms with Gasteiger partial charge >= 0.3 is 0 Å². The van der Waals surface area contributed by atoms with Crippen molar-refractivity contribution in [2.45, 2.75) is 25.4 Å². The minimum absolute atomic E-state index is 0.0573. The fourth-order valence-corrected chi connectivity index (χ4v) is 3.26. The normalized spacial score (nSPS) is 18.5. The summed E-state index contributed by atoms with van der Waals surface area (Å²) in [7, 11) is 0. The molecule has 5 heteroatoms. The molecule has 0 unspecified atom stereocenters. The van der Waals surface area contributed by atoms with Gasteiger partial charge in [0, 0.05) is 23.5 Å². The molecule has 1 aromatic heterocycles. The van der Waals surface area contributed by atoms with Crippen LogP contribution in [-0.4, -0.2) is 18.5 Å². The average Bonchev–Trinajstić information content (AvgIpc) is 3.02. The lowest BCUT2D eigenvalue weighted by molar-refractivity contribution is -0.124. The van der Waals surface area contributed by atoms with Gasteiger partial charge in [0.1, 0.15) is 5.82 Å². The fourth-order valence-electron chi connectivity index (χ4n) is 2.51. The quantitative estimate of drug-likeness (QED) is 0.912. The molecule has 1 aromatic carbocycles. The summed E-state index contributed by atoms with van der Waals surface area (Å²) in [6.45, 7) is 1.33. The Labute approximate surface area is 127 Å². The predicted molar refractivity (Wildman–Crippen MR) is 82.6 cm³/mol. The lowest BCUT2D eigenvalue weighted by Gasteiger charge is -2.23. The maximum absolute atomic E-state index is 13.9. The van der Waals surface area contributed by atoms with Crippen molar-refractivity contribution >= 4 is 17.2 Å². The summed E-state index contributed by atoms with van der Waals surface area (Å²) in [6, 6.07) is 8.79. The first-order valence-corrected chi connectivity index (χ1v) is 7.95. The van der Waals surface area contributed by atoms with E-state index in [-0.39, 0.29) is 17.8 Å². The third-order valence-electron chi connectivity index (χ3n) is 3.66. The lowest BCUT2D eigenvalue weighted by atomic mass is 10.1. The molecule has 21 heavy (non-hydrogen) atoms. The number of nitrogens with one attached hydrogen (secondary N) is 2. The molecule has 1 fully saturated rings. The molecule has 1 aliphatic rings. The maximum atomic E-state index is 13.9. The van der Waals surface area contributed by atoms with E-state index in [1.807, 2.05) is 23.6 Å². The van der Waals surface area contributed by atoms with Gasteiger partial charge in [0.2, 0.25) is 5.91 Å². The van der Waals surface area contributed by atoms with Crippen LogP contribution in [0, 0.1) is 5.82 Å². The van der Waals surface area contributed by atoms with Gasteiger partial charge in [-0.1, -0.05) is 12.1 Å². The van der Waals surface area contributed by atoms with Gasteiger partial charge in [-0.2, -0.15) is 0 Å². The van der Waals surface area contributed by atoms with E-state index in [0.29, 0.717) is 12.1 Å². The number of rotatable bonds is 4. The molecular formula is C16H17FN2OS. The van der Waals surface area contributed by atoms with E-state index < -0.39 is 0 Å². The Kier molecular flexibility index (Phi) is 4.31. The Morgan fingerprint density at radius 1 is 1.38 bits per heavy atom. The highest BCUT2D eigenvalue weighted by molar-refractivity contribution is 7.13. The molecule has 1 atom stereocenters. The first-order valence-electron chi connectivity index (χ1n) is 7.07. The molecule has 0 spiro atoms. The van der Waals surface area contributed by atoms with Crippen molar-refractivity contribution in [2.24, 2.45) is 0 Å². The Morgan fingerprint density at radius 2 is 2.29 bits per heavy atom. The zero-order valence-corrected chi connectivity index (χ0v) is 12.4. The molecule has 2 N–H and O–H groups in total. The molecule has 0 saturated carbocycles. The van der Waals surface area contributed by atoms with Gasteiger partial charge in [-0.05, 0) is 42.0 Å². The number of hydrogen-bond acceptors (Lipinski definition) is 3. The van der Waals surface area contributed by atoms with Crippen LogP contribution in [0.1, 0.15) is 18.4 Å². The Hall–Kier alpha value is -1.72. The summed E-state index contributed by atoms with van der Waals surface area (Å²) >= 11 is 1.52. The molecule has 3 nitrogen and oxygen atoms in total. The second-order valence-corrected chi connectivity index (χ2v) is 6.11. The monoisotopic (exact) mass is 304 g/mol. The SMILES string of the molecule is O=C1NCCC[C@H]1NCc1ccc(F)c(-c2cccs2)c1. The van der Waals surface area contributed by atoms with E-state index >= 15 is 0 Å². The number of thiophene rings is 1. The lowest BCUT2D eigenvalue weighted by Crippen LogP contribution is -2.47. The first kappa shape index (κ1) is 14.2. The molecule has 0 aliphatic carbocycles. The molecule has 3 rings (SSSR count). The van der Waals surface area contributed by atoms with Gasteiger partial charge in [-0.15, -0.1) is 11.3 Å². The molecule has 2 heterocycles. The minimum Gasteiger partial charge on any atom is -0.355 e. The third kappa shape index (κ3) is 3.31. The number of hydrogen-bond donors (Lipinski definition) is 2. The number of piperidine rings is 1. The van der Waals surface area contributed by atoms with Crippen molar-refractivity contribution in [1.29, 1.82) is 0 Å². The summed E-state index contributed by atoms with van der Waals surface area (Å²) in [6.07, 6.45) is 1.85. The van der Waals surface area contributed by atoms with Gasteiger partial charge in [-0.3, -0.25) is 4.79 Å². The Balaban J connectivity index is 1.71. The summed E-state index contributed by atoms with van der Waals surface area (Å²) in [5.74, 6) is -0.154. The number of halogens is 1.